The predicted octanol–water partition coefficient (Wildman–Crippen LogP) is -0.443. The van der Waals surface area contributed by atoms with Crippen molar-refractivity contribution in [2.24, 2.45) is 11.5 Å². The topological polar surface area (TPSA) is 127 Å². The van der Waals surface area contributed by atoms with E-state index in [1.165, 1.54) is 11.0 Å². The van der Waals surface area contributed by atoms with Crippen molar-refractivity contribution >= 4 is 23.9 Å². The van der Waals surface area contributed by atoms with Crippen molar-refractivity contribution in [3.63, 3.8) is 0 Å². The molecular weight excluding hydrogens is 274 g/mol. The van der Waals surface area contributed by atoms with E-state index in [2.05, 4.69) is 0 Å². The lowest BCUT2D eigenvalue weighted by atomic mass is 10.1. The fraction of sp³-hybridized carbons (Fsp3) is 0.214. The van der Waals surface area contributed by atoms with Gasteiger partial charge in [-0.15, -0.1) is 0 Å². The van der Waals surface area contributed by atoms with Gasteiger partial charge in [0, 0.05) is 12.6 Å². The summed E-state index contributed by atoms with van der Waals surface area (Å²) in [5, 5.41) is 8.59. The summed E-state index contributed by atoms with van der Waals surface area (Å²) in [5.74, 6) is -2.15. The van der Waals surface area contributed by atoms with Crippen molar-refractivity contribution in [1.82, 2.24) is 4.90 Å². The summed E-state index contributed by atoms with van der Waals surface area (Å²) in [6.45, 7) is 0.136. The Kier molecular flexibility index (Phi) is 6.09. The third-order valence-electron chi connectivity index (χ3n) is 2.53. The van der Waals surface area contributed by atoms with Gasteiger partial charge in [-0.2, -0.15) is 0 Å². The first-order valence-corrected chi connectivity index (χ1v) is 6.15. The molecule has 0 aliphatic rings. The quantitative estimate of drug-likeness (QED) is 0.559. The fourth-order valence-electron chi connectivity index (χ4n) is 1.83. The average Bonchev–Trinajstić information content (AvgIpc) is 2.35. The Morgan fingerprint density at radius 3 is 2.29 bits per heavy atom. The number of primary amides is 2. The standard InChI is InChI=1S/C14H17N3O4/c15-12(18)8-17(9-13(16)19)7-11-3-1-2-10(6-11)4-5-14(20)21/h1-6H,7-9H2,(H2,15,18)(H2,16,19)(H,20,21). The zero-order valence-corrected chi connectivity index (χ0v) is 11.4. The molecule has 0 aromatic heterocycles. The number of nitrogens with two attached hydrogens (primary N) is 2. The monoisotopic (exact) mass is 291 g/mol. The smallest absolute Gasteiger partial charge is 0.328 e. The molecule has 112 valence electrons. The maximum absolute atomic E-state index is 11.0. The van der Waals surface area contributed by atoms with E-state index in [0.29, 0.717) is 12.1 Å². The van der Waals surface area contributed by atoms with Gasteiger partial charge in [0.1, 0.15) is 0 Å². The molecule has 7 nitrogen and oxygen atoms in total. The number of aliphatic carboxylic acids is 1. The van der Waals surface area contributed by atoms with Crippen LogP contribution in [-0.2, 0) is 20.9 Å². The summed E-state index contributed by atoms with van der Waals surface area (Å²) in [6, 6.07) is 7.06. The maximum atomic E-state index is 11.0. The van der Waals surface area contributed by atoms with E-state index in [1.54, 1.807) is 24.3 Å². The Morgan fingerprint density at radius 2 is 1.76 bits per heavy atom. The number of amides is 2. The van der Waals surface area contributed by atoms with Gasteiger partial charge in [-0.25, -0.2) is 4.79 Å². The molecule has 0 atom stereocenters. The van der Waals surface area contributed by atoms with E-state index >= 15 is 0 Å². The number of carbonyl (C=O) groups is 3. The molecule has 0 spiro atoms. The number of nitrogens with zero attached hydrogens (tertiary/aromatic N) is 1. The molecule has 0 fully saturated rings. The van der Waals surface area contributed by atoms with Crippen molar-refractivity contribution in [1.29, 1.82) is 0 Å². The van der Waals surface area contributed by atoms with Gasteiger partial charge in [-0.3, -0.25) is 14.5 Å². The van der Waals surface area contributed by atoms with E-state index in [-0.39, 0.29) is 13.1 Å². The van der Waals surface area contributed by atoms with E-state index in [4.69, 9.17) is 16.6 Å². The second-order valence-electron chi connectivity index (χ2n) is 4.49. The highest BCUT2D eigenvalue weighted by Gasteiger charge is 2.11. The van der Waals surface area contributed by atoms with E-state index < -0.39 is 17.8 Å². The molecule has 0 saturated heterocycles. The predicted molar refractivity (Wildman–Crippen MR) is 76.8 cm³/mol. The number of rotatable bonds is 8. The molecule has 0 bridgehead atoms. The molecule has 0 aliphatic carbocycles. The van der Waals surface area contributed by atoms with Crippen LogP contribution in [0.2, 0.25) is 0 Å². The SMILES string of the molecule is NC(=O)CN(CC(N)=O)Cc1cccc(C=CC(=O)O)c1. The molecule has 0 radical (unpaired) electrons. The van der Waals surface area contributed by atoms with Crippen LogP contribution in [-0.4, -0.2) is 40.9 Å². The van der Waals surface area contributed by atoms with Gasteiger partial charge in [-0.1, -0.05) is 24.3 Å². The van der Waals surface area contributed by atoms with Gasteiger partial charge in [0.25, 0.3) is 0 Å². The number of carboxylic acids is 1. The van der Waals surface area contributed by atoms with Gasteiger partial charge < -0.3 is 16.6 Å². The molecule has 0 aliphatic heterocycles. The minimum Gasteiger partial charge on any atom is -0.478 e. The van der Waals surface area contributed by atoms with Crippen LogP contribution in [0.1, 0.15) is 11.1 Å². The van der Waals surface area contributed by atoms with Gasteiger partial charge in [0.05, 0.1) is 13.1 Å². The molecule has 0 unspecified atom stereocenters. The first kappa shape index (κ1) is 16.4. The maximum Gasteiger partial charge on any atom is 0.328 e. The van der Waals surface area contributed by atoms with Crippen LogP contribution in [0.25, 0.3) is 6.08 Å². The van der Waals surface area contributed by atoms with Gasteiger partial charge in [0.2, 0.25) is 11.8 Å². The Bertz CT molecular complexity index is 553. The second-order valence-corrected chi connectivity index (χ2v) is 4.49. The van der Waals surface area contributed by atoms with Gasteiger partial charge >= 0.3 is 5.97 Å². The van der Waals surface area contributed by atoms with Crippen molar-refractivity contribution in [3.05, 3.63) is 41.5 Å². The zero-order chi connectivity index (χ0) is 15.8. The molecule has 0 heterocycles. The Morgan fingerprint density at radius 1 is 1.14 bits per heavy atom. The Hall–Kier alpha value is -2.67. The second kappa shape index (κ2) is 7.81. The number of carboxylic acid groups (broad SMARTS) is 1. The van der Waals surface area contributed by atoms with Crippen LogP contribution in [0.4, 0.5) is 0 Å². The molecule has 2 amide bonds. The Labute approximate surface area is 121 Å². The van der Waals surface area contributed by atoms with Crippen LogP contribution in [0.15, 0.2) is 30.3 Å². The summed E-state index contributed by atoms with van der Waals surface area (Å²) in [4.78, 5) is 34.0. The highest BCUT2D eigenvalue weighted by molar-refractivity contribution is 5.85. The molecule has 0 saturated carbocycles. The minimum absolute atomic E-state index is 0.0852. The Balaban J connectivity index is 2.83. The minimum atomic E-state index is -1.04. The lowest BCUT2D eigenvalue weighted by Gasteiger charge is -2.19. The van der Waals surface area contributed by atoms with Crippen LogP contribution in [0.5, 0.6) is 0 Å². The highest BCUT2D eigenvalue weighted by Crippen LogP contribution is 2.10. The summed E-state index contributed by atoms with van der Waals surface area (Å²) >= 11 is 0. The van der Waals surface area contributed by atoms with Crippen molar-refractivity contribution in [2.75, 3.05) is 13.1 Å². The number of hydrogen-bond acceptors (Lipinski definition) is 4. The van der Waals surface area contributed by atoms with Crippen molar-refractivity contribution in [3.8, 4) is 0 Å². The molecule has 5 N–H and O–H groups in total. The molecule has 1 rings (SSSR count). The molecule has 21 heavy (non-hydrogen) atoms. The normalized spacial score (nSPS) is 10.9. The first-order valence-electron chi connectivity index (χ1n) is 6.15. The first-order chi connectivity index (χ1) is 9.86. The lowest BCUT2D eigenvalue weighted by Crippen LogP contribution is -2.39. The van der Waals surface area contributed by atoms with Crippen molar-refractivity contribution in [2.45, 2.75) is 6.54 Å². The molecular formula is C14H17N3O4. The van der Waals surface area contributed by atoms with E-state index in [0.717, 1.165) is 11.6 Å². The lowest BCUT2D eigenvalue weighted by molar-refractivity contribution is -0.131. The average molecular weight is 291 g/mol. The molecule has 1 aromatic rings. The fourth-order valence-corrected chi connectivity index (χ4v) is 1.83. The summed E-state index contributed by atoms with van der Waals surface area (Å²) in [6.07, 6.45) is 2.49. The largest absolute Gasteiger partial charge is 0.478 e. The zero-order valence-electron chi connectivity index (χ0n) is 11.4. The summed E-state index contributed by atoms with van der Waals surface area (Å²) < 4.78 is 0. The molecule has 1 aromatic carbocycles. The van der Waals surface area contributed by atoms with Gasteiger partial charge in [0.15, 0.2) is 0 Å². The third-order valence-corrected chi connectivity index (χ3v) is 2.53. The molecule has 7 heteroatoms. The summed E-state index contributed by atoms with van der Waals surface area (Å²) in [5.41, 5.74) is 11.8. The van der Waals surface area contributed by atoms with Crippen LogP contribution >= 0.6 is 0 Å². The van der Waals surface area contributed by atoms with Crippen LogP contribution < -0.4 is 11.5 Å². The van der Waals surface area contributed by atoms with Crippen LogP contribution in [0.3, 0.4) is 0 Å². The van der Waals surface area contributed by atoms with Gasteiger partial charge in [-0.05, 0) is 17.2 Å². The third kappa shape index (κ3) is 6.88. The summed E-state index contributed by atoms with van der Waals surface area (Å²) in [7, 11) is 0. The highest BCUT2D eigenvalue weighted by atomic mass is 16.4. The van der Waals surface area contributed by atoms with E-state index in [9.17, 15) is 14.4 Å². The number of hydrogen-bond donors (Lipinski definition) is 3. The van der Waals surface area contributed by atoms with E-state index in [1.807, 2.05) is 0 Å². The number of carbonyl (C=O) groups excluding carboxylic acids is 2. The number of benzene rings is 1. The van der Waals surface area contributed by atoms with Crippen LogP contribution in [0, 0.1) is 0 Å². The van der Waals surface area contributed by atoms with Crippen molar-refractivity contribution < 1.29 is 19.5 Å².